The molecule has 3 rings (SSSR count). The molecule has 1 unspecified atom stereocenters. The maximum absolute atomic E-state index is 12.7. The maximum atomic E-state index is 12.7. The van der Waals surface area contributed by atoms with Gasteiger partial charge >= 0.3 is 0 Å². The number of hydrogen-bond donors (Lipinski definition) is 1. The summed E-state index contributed by atoms with van der Waals surface area (Å²) in [5, 5.41) is 2.99. The van der Waals surface area contributed by atoms with Crippen LogP contribution in [0.2, 0.25) is 0 Å². The second kappa shape index (κ2) is 8.42. The number of nitrogens with zero attached hydrogens (tertiary/aromatic N) is 1. The van der Waals surface area contributed by atoms with E-state index in [1.54, 1.807) is 11.9 Å². The summed E-state index contributed by atoms with van der Waals surface area (Å²) >= 11 is 0. The molecule has 2 amide bonds. The third kappa shape index (κ3) is 5.09. The van der Waals surface area contributed by atoms with Crippen molar-refractivity contribution in [2.24, 2.45) is 11.8 Å². The zero-order chi connectivity index (χ0) is 19.4. The van der Waals surface area contributed by atoms with Crippen LogP contribution >= 0.6 is 0 Å². The SMILES string of the molecule is CN(C(=O)C1CCC(C(=O)NCc2ccccc2)CC1)C1CCS(=O)(=O)C1. The molecule has 2 fully saturated rings. The fraction of sp³-hybridized carbons (Fsp3) is 0.600. The van der Waals surface area contributed by atoms with Crippen LogP contribution in [0.1, 0.15) is 37.7 Å². The van der Waals surface area contributed by atoms with E-state index in [4.69, 9.17) is 0 Å². The van der Waals surface area contributed by atoms with Crippen molar-refractivity contribution < 1.29 is 18.0 Å². The summed E-state index contributed by atoms with van der Waals surface area (Å²) < 4.78 is 23.3. The minimum atomic E-state index is -3.00. The molecule has 1 saturated heterocycles. The van der Waals surface area contributed by atoms with Crippen molar-refractivity contribution in [3.63, 3.8) is 0 Å². The first-order chi connectivity index (χ1) is 12.9. The summed E-state index contributed by atoms with van der Waals surface area (Å²) in [6.45, 7) is 0.525. The normalized spacial score (nSPS) is 27.1. The third-order valence-electron chi connectivity index (χ3n) is 5.86. The number of benzene rings is 1. The molecular weight excluding hydrogens is 364 g/mol. The Morgan fingerprint density at radius 2 is 1.67 bits per heavy atom. The molecule has 0 spiro atoms. The Hall–Kier alpha value is -1.89. The van der Waals surface area contributed by atoms with Gasteiger partial charge in [-0.05, 0) is 37.7 Å². The van der Waals surface area contributed by atoms with Crippen LogP contribution in [0.4, 0.5) is 0 Å². The molecule has 1 heterocycles. The van der Waals surface area contributed by atoms with Crippen molar-refractivity contribution in [3.8, 4) is 0 Å². The van der Waals surface area contributed by atoms with Gasteiger partial charge in [0.05, 0.1) is 11.5 Å². The van der Waals surface area contributed by atoms with Crippen molar-refractivity contribution in [1.82, 2.24) is 10.2 Å². The molecule has 2 aliphatic rings. The van der Waals surface area contributed by atoms with Gasteiger partial charge in [0.25, 0.3) is 0 Å². The first-order valence-electron chi connectivity index (χ1n) is 9.64. The number of carbonyl (C=O) groups is 2. The van der Waals surface area contributed by atoms with Gasteiger partial charge in [-0.25, -0.2) is 8.42 Å². The Labute approximate surface area is 161 Å². The lowest BCUT2D eigenvalue weighted by Gasteiger charge is -2.32. The van der Waals surface area contributed by atoms with Gasteiger partial charge in [-0.2, -0.15) is 0 Å². The monoisotopic (exact) mass is 392 g/mol. The minimum Gasteiger partial charge on any atom is -0.352 e. The minimum absolute atomic E-state index is 0.0280. The first-order valence-corrected chi connectivity index (χ1v) is 11.5. The summed E-state index contributed by atoms with van der Waals surface area (Å²) in [5.74, 6) is 0.183. The molecule has 1 atom stereocenters. The van der Waals surface area contributed by atoms with Crippen LogP contribution in [0.5, 0.6) is 0 Å². The van der Waals surface area contributed by atoms with Gasteiger partial charge in [-0.3, -0.25) is 9.59 Å². The van der Waals surface area contributed by atoms with Crippen LogP contribution < -0.4 is 5.32 Å². The number of rotatable bonds is 5. The summed E-state index contributed by atoms with van der Waals surface area (Å²) in [4.78, 5) is 26.7. The van der Waals surface area contributed by atoms with E-state index in [0.29, 0.717) is 38.6 Å². The van der Waals surface area contributed by atoms with Crippen molar-refractivity contribution in [1.29, 1.82) is 0 Å². The molecular formula is C20H28N2O4S. The smallest absolute Gasteiger partial charge is 0.225 e. The van der Waals surface area contributed by atoms with E-state index >= 15 is 0 Å². The Morgan fingerprint density at radius 1 is 1.04 bits per heavy atom. The standard InChI is InChI=1S/C20H28N2O4S/c1-22(18-11-12-27(25,26)14-18)20(24)17-9-7-16(8-10-17)19(23)21-13-15-5-3-2-4-6-15/h2-6,16-18H,7-14H2,1H3,(H,21,23). The number of hydrogen-bond acceptors (Lipinski definition) is 4. The van der Waals surface area contributed by atoms with Crippen molar-refractivity contribution in [2.45, 2.75) is 44.7 Å². The van der Waals surface area contributed by atoms with E-state index in [1.165, 1.54) is 0 Å². The lowest BCUT2D eigenvalue weighted by molar-refractivity contribution is -0.138. The number of nitrogens with one attached hydrogen (secondary N) is 1. The fourth-order valence-electron chi connectivity index (χ4n) is 4.08. The third-order valence-corrected chi connectivity index (χ3v) is 7.61. The summed E-state index contributed by atoms with van der Waals surface area (Å²) in [5.41, 5.74) is 1.07. The molecule has 1 saturated carbocycles. The molecule has 1 aliphatic heterocycles. The van der Waals surface area contributed by atoms with E-state index in [-0.39, 0.29) is 41.2 Å². The molecule has 7 heteroatoms. The fourth-order valence-corrected chi connectivity index (χ4v) is 5.86. The highest BCUT2D eigenvalue weighted by Crippen LogP contribution is 2.31. The average molecular weight is 393 g/mol. The Balaban J connectivity index is 1.45. The van der Waals surface area contributed by atoms with Crippen LogP contribution in [0.25, 0.3) is 0 Å². The van der Waals surface area contributed by atoms with E-state index in [1.807, 2.05) is 30.3 Å². The molecule has 0 radical (unpaired) electrons. The molecule has 27 heavy (non-hydrogen) atoms. The summed E-state index contributed by atoms with van der Waals surface area (Å²) in [7, 11) is -1.29. The zero-order valence-electron chi connectivity index (χ0n) is 15.8. The van der Waals surface area contributed by atoms with Crippen LogP contribution in [-0.4, -0.2) is 49.7 Å². The van der Waals surface area contributed by atoms with E-state index in [0.717, 1.165) is 5.56 Å². The average Bonchev–Trinajstić information content (AvgIpc) is 3.05. The van der Waals surface area contributed by atoms with Gasteiger partial charge in [0, 0.05) is 31.5 Å². The van der Waals surface area contributed by atoms with Crippen LogP contribution in [0.15, 0.2) is 30.3 Å². The molecule has 148 valence electrons. The van der Waals surface area contributed by atoms with Crippen LogP contribution in [0.3, 0.4) is 0 Å². The largest absolute Gasteiger partial charge is 0.352 e. The highest BCUT2D eigenvalue weighted by Gasteiger charge is 2.37. The lowest BCUT2D eigenvalue weighted by atomic mass is 9.80. The molecule has 6 nitrogen and oxygen atoms in total. The lowest BCUT2D eigenvalue weighted by Crippen LogP contribution is -2.43. The van der Waals surface area contributed by atoms with Crippen molar-refractivity contribution >= 4 is 21.7 Å². The maximum Gasteiger partial charge on any atom is 0.225 e. The topological polar surface area (TPSA) is 83.6 Å². The second-order valence-electron chi connectivity index (χ2n) is 7.76. The second-order valence-corrected chi connectivity index (χ2v) is 9.99. The van der Waals surface area contributed by atoms with Crippen LogP contribution in [-0.2, 0) is 26.0 Å². The van der Waals surface area contributed by atoms with E-state index < -0.39 is 9.84 Å². The van der Waals surface area contributed by atoms with Gasteiger partial charge < -0.3 is 10.2 Å². The van der Waals surface area contributed by atoms with Gasteiger partial charge in [-0.15, -0.1) is 0 Å². The molecule has 1 aromatic carbocycles. The summed E-state index contributed by atoms with van der Waals surface area (Å²) in [6.07, 6.45) is 3.31. The van der Waals surface area contributed by atoms with Crippen molar-refractivity contribution in [3.05, 3.63) is 35.9 Å². The number of sulfone groups is 1. The molecule has 1 aliphatic carbocycles. The molecule has 0 bridgehead atoms. The van der Waals surface area contributed by atoms with Gasteiger partial charge in [0.2, 0.25) is 11.8 Å². The highest BCUT2D eigenvalue weighted by atomic mass is 32.2. The van der Waals surface area contributed by atoms with Gasteiger partial charge in [-0.1, -0.05) is 30.3 Å². The summed E-state index contributed by atoms with van der Waals surface area (Å²) in [6, 6.07) is 9.61. The van der Waals surface area contributed by atoms with Crippen molar-refractivity contribution in [2.75, 3.05) is 18.6 Å². The number of carbonyl (C=O) groups excluding carboxylic acids is 2. The Kier molecular flexibility index (Phi) is 6.19. The predicted molar refractivity (Wildman–Crippen MR) is 104 cm³/mol. The Bertz CT molecular complexity index is 770. The number of amides is 2. The molecule has 1 N–H and O–H groups in total. The van der Waals surface area contributed by atoms with E-state index in [2.05, 4.69) is 5.32 Å². The molecule has 1 aromatic rings. The molecule has 0 aromatic heterocycles. The van der Waals surface area contributed by atoms with Gasteiger partial charge in [0.15, 0.2) is 9.84 Å². The van der Waals surface area contributed by atoms with Crippen LogP contribution in [0, 0.1) is 11.8 Å². The first kappa shape index (κ1) is 19.9. The van der Waals surface area contributed by atoms with E-state index in [9.17, 15) is 18.0 Å². The van der Waals surface area contributed by atoms with Gasteiger partial charge in [0.1, 0.15) is 0 Å². The Morgan fingerprint density at radius 3 is 2.26 bits per heavy atom. The zero-order valence-corrected chi connectivity index (χ0v) is 16.6. The highest BCUT2D eigenvalue weighted by molar-refractivity contribution is 7.91. The quantitative estimate of drug-likeness (QED) is 0.828. The predicted octanol–water partition coefficient (Wildman–Crippen LogP) is 1.75.